The molecule has 12 heavy (non-hydrogen) atoms. The molecule has 0 aliphatic heterocycles. The van der Waals surface area contributed by atoms with E-state index in [9.17, 15) is 0 Å². The van der Waals surface area contributed by atoms with Gasteiger partial charge in [0.1, 0.15) is 0 Å². The lowest BCUT2D eigenvalue weighted by Crippen LogP contribution is -2.26. The molecule has 0 aromatic heterocycles. The Morgan fingerprint density at radius 3 is 2.00 bits per heavy atom. The van der Waals surface area contributed by atoms with Crippen molar-refractivity contribution in [3.05, 3.63) is 0 Å². The summed E-state index contributed by atoms with van der Waals surface area (Å²) in [5.41, 5.74) is -0.0713. The van der Waals surface area contributed by atoms with Gasteiger partial charge < -0.3 is 9.84 Å². The number of aliphatic hydroxyl groups excluding tert-OH is 1. The smallest absolute Gasteiger partial charge is 0.0602 e. The normalized spacial score (nSPS) is 17.5. The molecule has 0 bridgehead atoms. The highest BCUT2D eigenvalue weighted by molar-refractivity contribution is 4.63. The predicted molar refractivity (Wildman–Crippen MR) is 51.2 cm³/mol. The van der Waals surface area contributed by atoms with Crippen molar-refractivity contribution in [3.63, 3.8) is 0 Å². The van der Waals surface area contributed by atoms with Crippen LogP contribution in [0, 0.1) is 0 Å². The van der Waals surface area contributed by atoms with Gasteiger partial charge >= 0.3 is 0 Å². The number of rotatable bonds is 4. The van der Waals surface area contributed by atoms with Crippen LogP contribution in [0.5, 0.6) is 0 Å². The fraction of sp³-hybridized carbons (Fsp3) is 1.00. The molecule has 0 radical (unpaired) electrons. The topological polar surface area (TPSA) is 29.5 Å². The van der Waals surface area contributed by atoms with Crippen LogP contribution in [0.2, 0.25) is 0 Å². The van der Waals surface area contributed by atoms with Crippen LogP contribution >= 0.6 is 0 Å². The third-order valence-electron chi connectivity index (χ3n) is 1.55. The lowest BCUT2D eigenvalue weighted by Gasteiger charge is -2.25. The Labute approximate surface area is 75.9 Å². The molecule has 74 valence electrons. The van der Waals surface area contributed by atoms with E-state index in [0.717, 1.165) is 12.8 Å². The van der Waals surface area contributed by atoms with E-state index in [4.69, 9.17) is 9.84 Å². The van der Waals surface area contributed by atoms with Crippen LogP contribution in [0.25, 0.3) is 0 Å². The maximum atomic E-state index is 9.04. The van der Waals surface area contributed by atoms with E-state index in [1.54, 1.807) is 0 Å². The van der Waals surface area contributed by atoms with E-state index < -0.39 is 0 Å². The molecule has 2 heteroatoms. The summed E-state index contributed by atoms with van der Waals surface area (Å²) in [6, 6.07) is 0. The summed E-state index contributed by atoms with van der Waals surface area (Å²) in [7, 11) is 0. The zero-order valence-electron chi connectivity index (χ0n) is 8.92. The molecule has 0 aliphatic rings. The SMILES string of the molecule is CC(O)CCC(C)OC(C)(C)C. The minimum Gasteiger partial charge on any atom is -0.393 e. The molecule has 2 atom stereocenters. The molecular formula is C10H22O2. The quantitative estimate of drug-likeness (QED) is 0.709. The van der Waals surface area contributed by atoms with Gasteiger partial charge in [0, 0.05) is 0 Å². The molecular weight excluding hydrogens is 152 g/mol. The van der Waals surface area contributed by atoms with Crippen molar-refractivity contribution >= 4 is 0 Å². The third-order valence-corrected chi connectivity index (χ3v) is 1.55. The minimum atomic E-state index is -0.212. The molecule has 0 spiro atoms. The Morgan fingerprint density at radius 1 is 1.17 bits per heavy atom. The highest BCUT2D eigenvalue weighted by atomic mass is 16.5. The standard InChI is InChI=1S/C10H22O2/c1-8(11)6-7-9(2)12-10(3,4)5/h8-9,11H,6-7H2,1-5H3. The molecule has 1 N–H and O–H groups in total. The van der Waals surface area contributed by atoms with Gasteiger partial charge in [-0.05, 0) is 47.5 Å². The largest absolute Gasteiger partial charge is 0.393 e. The Balaban J connectivity index is 3.53. The zero-order chi connectivity index (χ0) is 9.78. The number of aliphatic hydroxyl groups is 1. The van der Waals surface area contributed by atoms with Crippen molar-refractivity contribution in [3.8, 4) is 0 Å². The lowest BCUT2D eigenvalue weighted by molar-refractivity contribution is -0.0578. The summed E-state index contributed by atoms with van der Waals surface area (Å²) in [6.45, 7) is 10.0. The van der Waals surface area contributed by atoms with Gasteiger partial charge in [-0.15, -0.1) is 0 Å². The second kappa shape index (κ2) is 4.83. The highest BCUT2D eigenvalue weighted by Gasteiger charge is 2.15. The number of hydrogen-bond acceptors (Lipinski definition) is 2. The molecule has 2 unspecified atom stereocenters. The van der Waals surface area contributed by atoms with Crippen molar-refractivity contribution in [2.45, 2.75) is 65.3 Å². The predicted octanol–water partition coefficient (Wildman–Crippen LogP) is 2.35. The molecule has 0 rings (SSSR count). The van der Waals surface area contributed by atoms with Crippen molar-refractivity contribution in [1.82, 2.24) is 0 Å². The van der Waals surface area contributed by atoms with Gasteiger partial charge in [-0.2, -0.15) is 0 Å². The van der Waals surface area contributed by atoms with E-state index in [0.29, 0.717) is 0 Å². The second-order valence-corrected chi connectivity index (χ2v) is 4.47. The van der Waals surface area contributed by atoms with Crippen molar-refractivity contribution in [2.24, 2.45) is 0 Å². The van der Waals surface area contributed by atoms with Crippen molar-refractivity contribution < 1.29 is 9.84 Å². The monoisotopic (exact) mass is 174 g/mol. The summed E-state index contributed by atoms with van der Waals surface area (Å²) in [4.78, 5) is 0. The summed E-state index contributed by atoms with van der Waals surface area (Å²) in [5, 5.41) is 9.04. The van der Waals surface area contributed by atoms with Gasteiger partial charge in [-0.1, -0.05) is 0 Å². The van der Waals surface area contributed by atoms with Crippen molar-refractivity contribution in [1.29, 1.82) is 0 Å². The summed E-state index contributed by atoms with van der Waals surface area (Å²) in [5.74, 6) is 0. The summed E-state index contributed by atoms with van der Waals surface area (Å²) < 4.78 is 5.68. The first-order valence-corrected chi connectivity index (χ1v) is 4.67. The summed E-state index contributed by atoms with van der Waals surface area (Å²) in [6.07, 6.45) is 1.77. The van der Waals surface area contributed by atoms with Crippen LogP contribution in [-0.2, 0) is 4.74 Å². The lowest BCUT2D eigenvalue weighted by atomic mass is 10.1. The average Bonchev–Trinajstić information content (AvgIpc) is 1.79. The van der Waals surface area contributed by atoms with E-state index >= 15 is 0 Å². The molecule has 0 aliphatic carbocycles. The maximum absolute atomic E-state index is 9.04. The fourth-order valence-corrected chi connectivity index (χ4v) is 1.14. The molecule has 0 saturated heterocycles. The highest BCUT2D eigenvalue weighted by Crippen LogP contribution is 2.14. The van der Waals surface area contributed by atoms with Gasteiger partial charge in [0.15, 0.2) is 0 Å². The molecule has 0 fully saturated rings. The van der Waals surface area contributed by atoms with Gasteiger partial charge in [0.05, 0.1) is 17.8 Å². The van der Waals surface area contributed by atoms with Gasteiger partial charge in [-0.25, -0.2) is 0 Å². The molecule has 0 heterocycles. The van der Waals surface area contributed by atoms with Crippen LogP contribution in [0.4, 0.5) is 0 Å². The maximum Gasteiger partial charge on any atom is 0.0602 e. The van der Waals surface area contributed by atoms with Gasteiger partial charge in [0.25, 0.3) is 0 Å². The Bertz CT molecular complexity index is 113. The molecule has 0 aromatic rings. The number of hydrogen-bond donors (Lipinski definition) is 1. The van der Waals surface area contributed by atoms with Crippen LogP contribution < -0.4 is 0 Å². The van der Waals surface area contributed by atoms with Gasteiger partial charge in [0.2, 0.25) is 0 Å². The first kappa shape index (κ1) is 11.9. The van der Waals surface area contributed by atoms with Crippen LogP contribution in [0.15, 0.2) is 0 Å². The molecule has 2 nitrogen and oxygen atoms in total. The third kappa shape index (κ3) is 8.02. The molecule has 0 aromatic carbocycles. The van der Waals surface area contributed by atoms with E-state index in [-0.39, 0.29) is 17.8 Å². The molecule has 0 amide bonds. The van der Waals surface area contributed by atoms with Crippen molar-refractivity contribution in [2.75, 3.05) is 0 Å². The van der Waals surface area contributed by atoms with Gasteiger partial charge in [-0.3, -0.25) is 0 Å². The zero-order valence-corrected chi connectivity index (χ0v) is 8.92. The second-order valence-electron chi connectivity index (χ2n) is 4.47. The Morgan fingerprint density at radius 2 is 1.67 bits per heavy atom. The Kier molecular flexibility index (Phi) is 4.80. The minimum absolute atomic E-state index is 0.0713. The Hall–Kier alpha value is -0.0800. The average molecular weight is 174 g/mol. The first-order valence-electron chi connectivity index (χ1n) is 4.67. The van der Waals surface area contributed by atoms with Crippen LogP contribution in [0.3, 0.4) is 0 Å². The van der Waals surface area contributed by atoms with E-state index in [2.05, 4.69) is 0 Å². The van der Waals surface area contributed by atoms with Crippen LogP contribution in [-0.4, -0.2) is 22.9 Å². The van der Waals surface area contributed by atoms with E-state index in [1.165, 1.54) is 0 Å². The number of ether oxygens (including phenoxy) is 1. The fourth-order valence-electron chi connectivity index (χ4n) is 1.14. The van der Waals surface area contributed by atoms with E-state index in [1.807, 2.05) is 34.6 Å². The first-order chi connectivity index (χ1) is 5.31. The molecule has 0 saturated carbocycles. The van der Waals surface area contributed by atoms with Crippen LogP contribution in [0.1, 0.15) is 47.5 Å². The summed E-state index contributed by atoms with van der Waals surface area (Å²) >= 11 is 0.